The molecule has 0 radical (unpaired) electrons. The van der Waals surface area contributed by atoms with E-state index in [4.69, 9.17) is 4.74 Å². The van der Waals surface area contributed by atoms with Crippen molar-refractivity contribution in [3.8, 4) is 0 Å². The molecule has 1 N–H and O–H groups in total. The van der Waals surface area contributed by atoms with Crippen molar-refractivity contribution >= 4 is 17.2 Å². The average molecular weight is 390 g/mol. The summed E-state index contributed by atoms with van der Waals surface area (Å²) in [5.41, 5.74) is 1.16. The molecule has 0 aromatic carbocycles. The van der Waals surface area contributed by atoms with Gasteiger partial charge in [0.05, 0.1) is 18.2 Å². The lowest BCUT2D eigenvalue weighted by Crippen LogP contribution is -2.43. The second kappa shape index (κ2) is 7.12. The molecule has 6 heteroatoms. The van der Waals surface area contributed by atoms with Crippen LogP contribution in [0.5, 0.6) is 0 Å². The second-order valence-electron chi connectivity index (χ2n) is 9.16. The SMILES string of the molecule is Cc1csc(CN2C[C@@H]3[C@H](CNC(=O)C4CCCCC4)[C@H]4CC[C@]3(C2)O4)n1. The van der Waals surface area contributed by atoms with Gasteiger partial charge in [-0.3, -0.25) is 9.69 Å². The highest BCUT2D eigenvalue weighted by atomic mass is 32.1. The van der Waals surface area contributed by atoms with E-state index in [1.54, 1.807) is 11.3 Å². The van der Waals surface area contributed by atoms with Gasteiger partial charge in [0.25, 0.3) is 0 Å². The van der Waals surface area contributed by atoms with Crippen molar-refractivity contribution in [2.75, 3.05) is 19.6 Å². The molecule has 5 nitrogen and oxygen atoms in total. The van der Waals surface area contributed by atoms with E-state index in [9.17, 15) is 4.79 Å². The van der Waals surface area contributed by atoms with Crippen LogP contribution in [-0.4, -0.2) is 47.1 Å². The van der Waals surface area contributed by atoms with Crippen molar-refractivity contribution in [3.63, 3.8) is 0 Å². The zero-order chi connectivity index (χ0) is 18.4. The molecule has 148 valence electrons. The van der Waals surface area contributed by atoms with Crippen LogP contribution in [0.4, 0.5) is 0 Å². The van der Waals surface area contributed by atoms with Crippen LogP contribution in [0.2, 0.25) is 0 Å². The van der Waals surface area contributed by atoms with Gasteiger partial charge in [0.15, 0.2) is 0 Å². The Hall–Kier alpha value is -0.980. The third-order valence-corrected chi connectivity index (χ3v) is 8.32. The lowest BCUT2D eigenvalue weighted by Gasteiger charge is -2.30. The summed E-state index contributed by atoms with van der Waals surface area (Å²) in [6.07, 6.45) is 8.56. The first-order valence-electron chi connectivity index (χ1n) is 10.7. The number of thiazole rings is 1. The summed E-state index contributed by atoms with van der Waals surface area (Å²) in [5, 5.41) is 6.65. The Bertz CT molecular complexity index is 701. The summed E-state index contributed by atoms with van der Waals surface area (Å²) < 4.78 is 6.54. The number of nitrogens with one attached hydrogen (secondary N) is 1. The molecule has 4 aliphatic rings. The van der Waals surface area contributed by atoms with Crippen molar-refractivity contribution < 1.29 is 9.53 Å². The largest absolute Gasteiger partial charge is 0.370 e. The maximum absolute atomic E-state index is 12.6. The van der Waals surface area contributed by atoms with E-state index >= 15 is 0 Å². The molecule has 4 atom stereocenters. The van der Waals surface area contributed by atoms with E-state index in [2.05, 4.69) is 27.5 Å². The number of carbonyl (C=O) groups excluding carboxylic acids is 1. The van der Waals surface area contributed by atoms with Gasteiger partial charge in [0.1, 0.15) is 5.01 Å². The Morgan fingerprint density at radius 1 is 1.37 bits per heavy atom. The predicted molar refractivity (Wildman–Crippen MR) is 106 cm³/mol. The van der Waals surface area contributed by atoms with Gasteiger partial charge in [-0.25, -0.2) is 4.98 Å². The summed E-state index contributed by atoms with van der Waals surface area (Å²) in [4.78, 5) is 19.8. The molecule has 4 fully saturated rings. The van der Waals surface area contributed by atoms with E-state index < -0.39 is 0 Å². The summed E-state index contributed by atoms with van der Waals surface area (Å²) in [6, 6.07) is 0. The third-order valence-electron chi connectivity index (χ3n) is 7.37. The summed E-state index contributed by atoms with van der Waals surface area (Å²) in [6.45, 7) is 5.91. The van der Waals surface area contributed by atoms with E-state index in [1.165, 1.54) is 30.7 Å². The minimum absolute atomic E-state index is 0.0389. The Kier molecular flexibility index (Phi) is 4.77. The monoisotopic (exact) mass is 389 g/mol. The number of hydrogen-bond donors (Lipinski definition) is 1. The number of ether oxygens (including phenoxy) is 1. The van der Waals surface area contributed by atoms with Gasteiger partial charge in [-0.15, -0.1) is 11.3 Å². The molecule has 3 saturated heterocycles. The van der Waals surface area contributed by atoms with Crippen LogP contribution in [0.1, 0.15) is 55.6 Å². The van der Waals surface area contributed by atoms with Crippen LogP contribution in [-0.2, 0) is 16.1 Å². The fourth-order valence-electron chi connectivity index (χ4n) is 6.07. The van der Waals surface area contributed by atoms with Crippen LogP contribution in [0.25, 0.3) is 0 Å². The van der Waals surface area contributed by atoms with Crippen LogP contribution in [0.15, 0.2) is 5.38 Å². The van der Waals surface area contributed by atoms with Gasteiger partial charge >= 0.3 is 0 Å². The van der Waals surface area contributed by atoms with Gasteiger partial charge in [-0.1, -0.05) is 19.3 Å². The average Bonchev–Trinajstić information content (AvgIpc) is 3.41. The van der Waals surface area contributed by atoms with Crippen molar-refractivity contribution in [2.24, 2.45) is 17.8 Å². The molecule has 4 heterocycles. The molecule has 1 aliphatic carbocycles. The normalized spacial score (nSPS) is 36.3. The van der Waals surface area contributed by atoms with Crippen LogP contribution in [0, 0.1) is 24.7 Å². The molecular formula is C21H31N3O2S. The first-order chi connectivity index (χ1) is 13.1. The highest BCUT2D eigenvalue weighted by Crippen LogP contribution is 2.54. The Balaban J connectivity index is 1.21. The lowest BCUT2D eigenvalue weighted by atomic mass is 9.73. The number of aryl methyl sites for hydroxylation is 1. The number of amides is 1. The summed E-state index contributed by atoms with van der Waals surface area (Å²) >= 11 is 1.76. The molecular weight excluding hydrogens is 358 g/mol. The van der Waals surface area contributed by atoms with Crippen LogP contribution >= 0.6 is 11.3 Å². The zero-order valence-electron chi connectivity index (χ0n) is 16.3. The van der Waals surface area contributed by atoms with Gasteiger partial charge in [0.2, 0.25) is 5.91 Å². The quantitative estimate of drug-likeness (QED) is 0.841. The van der Waals surface area contributed by atoms with E-state index in [-0.39, 0.29) is 11.5 Å². The smallest absolute Gasteiger partial charge is 0.223 e. The first kappa shape index (κ1) is 18.1. The van der Waals surface area contributed by atoms with Crippen molar-refractivity contribution in [3.05, 3.63) is 16.1 Å². The van der Waals surface area contributed by atoms with Gasteiger partial charge in [-0.2, -0.15) is 0 Å². The first-order valence-corrected chi connectivity index (χ1v) is 11.6. The fraction of sp³-hybridized carbons (Fsp3) is 0.810. The Morgan fingerprint density at radius 3 is 3.00 bits per heavy atom. The van der Waals surface area contributed by atoms with Gasteiger partial charge in [-0.05, 0) is 32.6 Å². The van der Waals surface area contributed by atoms with Gasteiger partial charge < -0.3 is 10.1 Å². The number of fused-ring (bicyclic) bond motifs is 1. The number of rotatable bonds is 5. The molecule has 1 aromatic heterocycles. The Morgan fingerprint density at radius 2 is 2.22 bits per heavy atom. The van der Waals surface area contributed by atoms with Crippen molar-refractivity contribution in [2.45, 2.75) is 70.1 Å². The number of likely N-dealkylation sites (tertiary alicyclic amines) is 1. The zero-order valence-corrected chi connectivity index (χ0v) is 17.1. The maximum atomic E-state index is 12.6. The van der Waals surface area contributed by atoms with Crippen molar-refractivity contribution in [1.29, 1.82) is 0 Å². The second-order valence-corrected chi connectivity index (χ2v) is 10.1. The summed E-state index contributed by atoms with van der Waals surface area (Å²) in [5.74, 6) is 1.58. The fourth-order valence-corrected chi connectivity index (χ4v) is 6.89. The molecule has 1 spiro atoms. The molecule has 1 amide bonds. The number of aromatic nitrogens is 1. The molecule has 0 unspecified atom stereocenters. The molecule has 2 bridgehead atoms. The Labute approximate surface area is 165 Å². The lowest BCUT2D eigenvalue weighted by molar-refractivity contribution is -0.126. The van der Waals surface area contributed by atoms with E-state index in [0.717, 1.165) is 51.1 Å². The van der Waals surface area contributed by atoms with Crippen molar-refractivity contribution in [1.82, 2.24) is 15.2 Å². The van der Waals surface area contributed by atoms with Crippen LogP contribution < -0.4 is 5.32 Å². The highest BCUT2D eigenvalue weighted by molar-refractivity contribution is 7.09. The molecule has 1 saturated carbocycles. The number of hydrogen-bond acceptors (Lipinski definition) is 5. The van der Waals surface area contributed by atoms with E-state index in [1.807, 2.05) is 0 Å². The summed E-state index contributed by atoms with van der Waals surface area (Å²) in [7, 11) is 0. The standard InChI is InChI=1S/C21H31N3O2S/c1-14-12-27-19(23-14)11-24-10-17-16(18-7-8-21(17,13-24)26-18)9-22-20(25)15-5-3-2-4-6-15/h12,15-18H,2-11,13H2,1H3,(H,22,25)/t16-,17+,18+,21+/m0/s1. The molecule has 3 aliphatic heterocycles. The third kappa shape index (κ3) is 3.34. The molecule has 27 heavy (non-hydrogen) atoms. The minimum Gasteiger partial charge on any atom is -0.370 e. The topological polar surface area (TPSA) is 54.5 Å². The maximum Gasteiger partial charge on any atom is 0.223 e. The minimum atomic E-state index is 0.0389. The molecule has 5 rings (SSSR count). The predicted octanol–water partition coefficient (Wildman–Crippen LogP) is 3.13. The number of carbonyl (C=O) groups is 1. The van der Waals surface area contributed by atoms with Gasteiger partial charge in [0, 0.05) is 48.5 Å². The highest BCUT2D eigenvalue weighted by Gasteiger charge is 2.62. The number of nitrogens with zero attached hydrogens (tertiary/aromatic N) is 2. The van der Waals surface area contributed by atoms with Crippen LogP contribution in [0.3, 0.4) is 0 Å². The molecule has 1 aromatic rings. The van der Waals surface area contributed by atoms with E-state index in [0.29, 0.717) is 23.8 Å².